The number of amides is 1. The molecule has 6 nitrogen and oxygen atoms in total. The Morgan fingerprint density at radius 3 is 2.48 bits per heavy atom. The number of hydrogen-bond acceptors (Lipinski definition) is 5. The Morgan fingerprint density at radius 1 is 1.19 bits per heavy atom. The summed E-state index contributed by atoms with van der Waals surface area (Å²) >= 11 is 1.45. The molecule has 1 aromatic carbocycles. The Hall–Kier alpha value is -1.86. The van der Waals surface area contributed by atoms with Gasteiger partial charge in [-0.15, -0.1) is 10.2 Å². The van der Waals surface area contributed by atoms with Gasteiger partial charge in [0.25, 0.3) is 0 Å². The van der Waals surface area contributed by atoms with Crippen LogP contribution in [-0.4, -0.2) is 49.4 Å². The van der Waals surface area contributed by atoms with E-state index in [9.17, 15) is 4.79 Å². The number of carbonyl (C=O) groups excluding carboxylic acids is 1. The van der Waals surface area contributed by atoms with Crippen molar-refractivity contribution in [1.82, 2.24) is 25.0 Å². The van der Waals surface area contributed by atoms with Crippen molar-refractivity contribution in [3.05, 3.63) is 36.2 Å². The molecule has 0 aliphatic carbocycles. The fourth-order valence-corrected chi connectivity index (χ4v) is 4.03. The number of para-hydroxylation sites is 1. The van der Waals surface area contributed by atoms with Crippen LogP contribution in [0, 0.1) is 0 Å². The topological polar surface area (TPSA) is 63.1 Å². The summed E-state index contributed by atoms with van der Waals surface area (Å²) in [6.45, 7) is 10.9. The molecule has 146 valence electrons. The first-order valence-corrected chi connectivity index (χ1v) is 10.4. The standard InChI is InChI=1S/C20H29N5OS/c1-15(18(26)21-20(2,3)4)27-19-23-22-17(14-24-12-8-9-13-24)25(19)16-10-6-5-7-11-16/h5-7,10-11,15H,8-9,12-14H2,1-4H3,(H,21,26). The van der Waals surface area contributed by atoms with E-state index in [1.807, 2.05) is 45.9 Å². The van der Waals surface area contributed by atoms with Crippen LogP contribution in [-0.2, 0) is 11.3 Å². The number of nitrogens with zero attached hydrogens (tertiary/aromatic N) is 4. The third-order valence-corrected chi connectivity index (χ3v) is 5.47. The number of thioether (sulfide) groups is 1. The lowest BCUT2D eigenvalue weighted by Crippen LogP contribution is -2.44. The second kappa shape index (κ2) is 8.44. The van der Waals surface area contributed by atoms with Crippen LogP contribution in [0.3, 0.4) is 0 Å². The highest BCUT2D eigenvalue weighted by Crippen LogP contribution is 2.27. The second-order valence-corrected chi connectivity index (χ2v) is 9.36. The summed E-state index contributed by atoms with van der Waals surface area (Å²) < 4.78 is 2.09. The maximum Gasteiger partial charge on any atom is 0.233 e. The molecule has 0 saturated carbocycles. The summed E-state index contributed by atoms with van der Waals surface area (Å²) in [6, 6.07) is 10.1. The monoisotopic (exact) mass is 387 g/mol. The predicted molar refractivity (Wildman–Crippen MR) is 109 cm³/mol. The number of likely N-dealkylation sites (tertiary alicyclic amines) is 1. The van der Waals surface area contributed by atoms with Gasteiger partial charge in [0, 0.05) is 11.2 Å². The molecule has 1 fully saturated rings. The van der Waals surface area contributed by atoms with Gasteiger partial charge in [0.2, 0.25) is 5.91 Å². The van der Waals surface area contributed by atoms with Crippen LogP contribution in [0.25, 0.3) is 5.69 Å². The molecule has 7 heteroatoms. The quantitative estimate of drug-likeness (QED) is 0.771. The zero-order valence-electron chi connectivity index (χ0n) is 16.6. The van der Waals surface area contributed by atoms with Gasteiger partial charge < -0.3 is 5.32 Å². The van der Waals surface area contributed by atoms with Gasteiger partial charge in [0.15, 0.2) is 11.0 Å². The summed E-state index contributed by atoms with van der Waals surface area (Å²) in [5, 5.41) is 12.4. The Morgan fingerprint density at radius 2 is 1.85 bits per heavy atom. The van der Waals surface area contributed by atoms with Crippen molar-refractivity contribution in [3.63, 3.8) is 0 Å². The van der Waals surface area contributed by atoms with E-state index in [0.717, 1.165) is 36.3 Å². The van der Waals surface area contributed by atoms with Crippen molar-refractivity contribution in [2.75, 3.05) is 13.1 Å². The molecule has 1 N–H and O–H groups in total. The van der Waals surface area contributed by atoms with E-state index in [-0.39, 0.29) is 16.7 Å². The fraction of sp³-hybridized carbons (Fsp3) is 0.550. The lowest BCUT2D eigenvalue weighted by atomic mass is 10.1. The van der Waals surface area contributed by atoms with Crippen LogP contribution in [0.2, 0.25) is 0 Å². The SMILES string of the molecule is CC(Sc1nnc(CN2CCCC2)n1-c1ccccc1)C(=O)NC(C)(C)C. The van der Waals surface area contributed by atoms with Crippen molar-refractivity contribution >= 4 is 17.7 Å². The molecule has 1 aromatic heterocycles. The molecular formula is C20H29N5OS. The molecule has 3 rings (SSSR count). The van der Waals surface area contributed by atoms with E-state index in [4.69, 9.17) is 0 Å². The number of rotatable bonds is 6. The Labute approximate surface area is 165 Å². The first-order chi connectivity index (χ1) is 12.8. The molecule has 1 amide bonds. The molecule has 1 saturated heterocycles. The normalized spacial score (nSPS) is 16.4. The first-order valence-electron chi connectivity index (χ1n) is 9.54. The Bertz CT molecular complexity index is 762. The molecule has 1 aliphatic rings. The smallest absolute Gasteiger partial charge is 0.233 e. The summed E-state index contributed by atoms with van der Waals surface area (Å²) in [5.74, 6) is 0.935. The molecule has 0 spiro atoms. The molecule has 1 atom stereocenters. The van der Waals surface area contributed by atoms with E-state index in [0.29, 0.717) is 0 Å². The summed E-state index contributed by atoms with van der Waals surface area (Å²) in [7, 11) is 0. The van der Waals surface area contributed by atoms with E-state index in [1.165, 1.54) is 24.6 Å². The van der Waals surface area contributed by atoms with Gasteiger partial charge in [-0.05, 0) is 65.8 Å². The van der Waals surface area contributed by atoms with Crippen molar-refractivity contribution in [2.45, 2.75) is 63.0 Å². The van der Waals surface area contributed by atoms with Crippen LogP contribution in [0.5, 0.6) is 0 Å². The number of hydrogen-bond donors (Lipinski definition) is 1. The molecule has 2 heterocycles. The third kappa shape index (κ3) is 5.32. The van der Waals surface area contributed by atoms with E-state index >= 15 is 0 Å². The number of aromatic nitrogens is 3. The van der Waals surface area contributed by atoms with Gasteiger partial charge in [-0.1, -0.05) is 30.0 Å². The lowest BCUT2D eigenvalue weighted by molar-refractivity contribution is -0.121. The molecule has 0 radical (unpaired) electrons. The summed E-state index contributed by atoms with van der Waals surface area (Å²) in [6.07, 6.45) is 2.48. The van der Waals surface area contributed by atoms with Crippen molar-refractivity contribution in [3.8, 4) is 5.69 Å². The van der Waals surface area contributed by atoms with Gasteiger partial charge in [0.05, 0.1) is 11.8 Å². The predicted octanol–water partition coefficient (Wildman–Crippen LogP) is 3.26. The molecule has 27 heavy (non-hydrogen) atoms. The van der Waals surface area contributed by atoms with Crippen LogP contribution in [0.1, 0.15) is 46.4 Å². The number of carbonyl (C=O) groups is 1. The average molecular weight is 388 g/mol. The molecular weight excluding hydrogens is 358 g/mol. The van der Waals surface area contributed by atoms with E-state index in [2.05, 4.69) is 37.1 Å². The maximum atomic E-state index is 12.5. The van der Waals surface area contributed by atoms with Gasteiger partial charge in [-0.3, -0.25) is 14.3 Å². The number of nitrogens with one attached hydrogen (secondary N) is 1. The van der Waals surface area contributed by atoms with Gasteiger partial charge in [-0.25, -0.2) is 0 Å². The minimum absolute atomic E-state index is 0.0104. The average Bonchev–Trinajstić information content (AvgIpc) is 3.25. The highest BCUT2D eigenvalue weighted by atomic mass is 32.2. The van der Waals surface area contributed by atoms with Crippen LogP contribution in [0.4, 0.5) is 0 Å². The summed E-state index contributed by atoms with van der Waals surface area (Å²) in [5.41, 5.74) is 0.780. The van der Waals surface area contributed by atoms with Crippen molar-refractivity contribution in [2.24, 2.45) is 0 Å². The second-order valence-electron chi connectivity index (χ2n) is 8.05. The maximum absolute atomic E-state index is 12.5. The number of benzene rings is 1. The largest absolute Gasteiger partial charge is 0.351 e. The van der Waals surface area contributed by atoms with Gasteiger partial charge >= 0.3 is 0 Å². The highest BCUT2D eigenvalue weighted by molar-refractivity contribution is 8.00. The van der Waals surface area contributed by atoms with Gasteiger partial charge in [0.1, 0.15) is 0 Å². The van der Waals surface area contributed by atoms with Gasteiger partial charge in [-0.2, -0.15) is 0 Å². The van der Waals surface area contributed by atoms with E-state index in [1.54, 1.807) is 0 Å². The van der Waals surface area contributed by atoms with Crippen LogP contribution in [0.15, 0.2) is 35.5 Å². The minimum Gasteiger partial charge on any atom is -0.351 e. The zero-order chi connectivity index (χ0) is 19.4. The minimum atomic E-state index is -0.254. The van der Waals surface area contributed by atoms with E-state index < -0.39 is 0 Å². The third-order valence-electron chi connectivity index (χ3n) is 4.43. The fourth-order valence-electron chi connectivity index (χ4n) is 3.14. The molecule has 0 bridgehead atoms. The van der Waals surface area contributed by atoms with Crippen molar-refractivity contribution in [1.29, 1.82) is 0 Å². The first kappa shape index (κ1) is 19.9. The highest BCUT2D eigenvalue weighted by Gasteiger charge is 2.24. The van der Waals surface area contributed by atoms with Crippen LogP contribution >= 0.6 is 11.8 Å². The molecule has 1 unspecified atom stereocenters. The Kier molecular flexibility index (Phi) is 6.22. The van der Waals surface area contributed by atoms with Crippen LogP contribution < -0.4 is 5.32 Å². The zero-order valence-corrected chi connectivity index (χ0v) is 17.4. The van der Waals surface area contributed by atoms with Crippen molar-refractivity contribution < 1.29 is 4.79 Å². The molecule has 1 aliphatic heterocycles. The molecule has 2 aromatic rings. The Balaban J connectivity index is 1.84. The summed E-state index contributed by atoms with van der Waals surface area (Å²) in [4.78, 5) is 14.9. The lowest BCUT2D eigenvalue weighted by Gasteiger charge is -2.23.